The molecule has 80 valence electrons. The predicted octanol–water partition coefficient (Wildman–Crippen LogP) is 1.86. The fraction of sp³-hybridized carbons (Fsp3) is 0.300. The van der Waals surface area contributed by atoms with Crippen molar-refractivity contribution in [3.8, 4) is 5.75 Å². The lowest BCUT2D eigenvalue weighted by molar-refractivity contribution is 0.351. The molecule has 0 bridgehead atoms. The minimum atomic E-state index is -0.530. The summed E-state index contributed by atoms with van der Waals surface area (Å²) in [7, 11) is 0. The van der Waals surface area contributed by atoms with Gasteiger partial charge >= 0.3 is 0 Å². The molecule has 1 aromatic rings. The summed E-state index contributed by atoms with van der Waals surface area (Å²) in [6.45, 7) is 1.81. The third kappa shape index (κ3) is 2.39. The average Bonchev–Trinajstić information content (AvgIpc) is 2.73. The predicted molar refractivity (Wildman–Crippen MR) is 57.2 cm³/mol. The van der Waals surface area contributed by atoms with Crippen LogP contribution in [0.4, 0.5) is 4.39 Å². The highest BCUT2D eigenvalue weighted by Gasteiger charge is 2.10. The number of benzene rings is 1. The van der Waals surface area contributed by atoms with Crippen LogP contribution in [0.3, 0.4) is 0 Å². The lowest BCUT2D eigenvalue weighted by atomic mass is 10.3. The Morgan fingerprint density at radius 3 is 3.13 bits per heavy atom. The summed E-state index contributed by atoms with van der Waals surface area (Å²) in [5.41, 5.74) is 0. The van der Waals surface area contributed by atoms with Crippen molar-refractivity contribution < 1.29 is 9.13 Å². The molecule has 2 rings (SSSR count). The van der Waals surface area contributed by atoms with Gasteiger partial charge in [0.1, 0.15) is 12.4 Å². The summed E-state index contributed by atoms with van der Waals surface area (Å²) >= 11 is 5.61. The second-order valence-corrected chi connectivity index (χ2v) is 3.50. The minimum Gasteiger partial charge on any atom is -0.483 e. The molecule has 1 aromatic carbocycles. The Bertz CT molecular complexity index is 395. The molecule has 1 heterocycles. The summed E-state index contributed by atoms with van der Waals surface area (Å²) in [5.74, 6) is 0.367. The normalized spacial score (nSPS) is 14.7. The molecule has 0 unspecified atom stereocenters. The maximum atomic E-state index is 13.4. The molecule has 0 saturated carbocycles. The SMILES string of the molecule is Fc1c(Cl)cccc1OCC1=NCCN1. The Balaban J connectivity index is 2.01. The number of aliphatic imine (C=N–C) groups is 1. The standard InChI is InChI=1S/C10H10ClFN2O/c11-7-2-1-3-8(10(7)12)15-6-9-13-4-5-14-9/h1-3H,4-6H2,(H,13,14). The highest BCUT2D eigenvalue weighted by atomic mass is 35.5. The number of nitrogens with one attached hydrogen (secondary N) is 1. The highest BCUT2D eigenvalue weighted by Crippen LogP contribution is 2.23. The van der Waals surface area contributed by atoms with E-state index in [0.29, 0.717) is 0 Å². The van der Waals surface area contributed by atoms with Crippen LogP contribution in [0.2, 0.25) is 5.02 Å². The Kier molecular flexibility index (Phi) is 3.06. The molecular weight excluding hydrogens is 219 g/mol. The van der Waals surface area contributed by atoms with Gasteiger partial charge in [0.05, 0.1) is 11.6 Å². The third-order valence-corrected chi connectivity index (χ3v) is 2.32. The van der Waals surface area contributed by atoms with Gasteiger partial charge in [-0.1, -0.05) is 17.7 Å². The van der Waals surface area contributed by atoms with Crippen LogP contribution in [-0.2, 0) is 0 Å². The van der Waals surface area contributed by atoms with E-state index in [0.717, 1.165) is 18.9 Å². The van der Waals surface area contributed by atoms with Crippen molar-refractivity contribution in [2.75, 3.05) is 19.7 Å². The van der Waals surface area contributed by atoms with Gasteiger partial charge in [-0.2, -0.15) is 0 Å². The fourth-order valence-corrected chi connectivity index (χ4v) is 1.45. The smallest absolute Gasteiger partial charge is 0.183 e. The lowest BCUT2D eigenvalue weighted by Crippen LogP contribution is -2.25. The largest absolute Gasteiger partial charge is 0.483 e. The minimum absolute atomic E-state index is 0.0637. The van der Waals surface area contributed by atoms with Crippen LogP contribution in [-0.4, -0.2) is 25.5 Å². The van der Waals surface area contributed by atoms with E-state index in [9.17, 15) is 4.39 Å². The molecule has 0 saturated heterocycles. The van der Waals surface area contributed by atoms with Crippen LogP contribution in [0.15, 0.2) is 23.2 Å². The zero-order chi connectivity index (χ0) is 10.7. The molecule has 0 radical (unpaired) electrons. The van der Waals surface area contributed by atoms with Gasteiger partial charge in [-0.05, 0) is 12.1 Å². The van der Waals surface area contributed by atoms with Crippen LogP contribution in [0.1, 0.15) is 0 Å². The lowest BCUT2D eigenvalue weighted by Gasteiger charge is -2.07. The highest BCUT2D eigenvalue weighted by molar-refractivity contribution is 6.30. The van der Waals surface area contributed by atoms with E-state index in [1.54, 1.807) is 6.07 Å². The fourth-order valence-electron chi connectivity index (χ4n) is 1.29. The van der Waals surface area contributed by atoms with Gasteiger partial charge in [-0.15, -0.1) is 0 Å². The quantitative estimate of drug-likeness (QED) is 0.857. The molecule has 1 aliphatic rings. The van der Waals surface area contributed by atoms with Gasteiger partial charge in [0, 0.05) is 6.54 Å². The monoisotopic (exact) mass is 228 g/mol. The Morgan fingerprint density at radius 1 is 1.53 bits per heavy atom. The van der Waals surface area contributed by atoms with Crippen molar-refractivity contribution in [3.05, 3.63) is 29.0 Å². The summed E-state index contributed by atoms with van der Waals surface area (Å²) in [5, 5.41) is 3.09. The number of ether oxygens (including phenoxy) is 1. The van der Waals surface area contributed by atoms with E-state index < -0.39 is 5.82 Å². The Morgan fingerprint density at radius 2 is 2.40 bits per heavy atom. The topological polar surface area (TPSA) is 33.6 Å². The van der Waals surface area contributed by atoms with Crippen molar-refractivity contribution in [2.24, 2.45) is 4.99 Å². The van der Waals surface area contributed by atoms with Crippen molar-refractivity contribution in [1.29, 1.82) is 0 Å². The first-order valence-corrected chi connectivity index (χ1v) is 4.99. The first-order chi connectivity index (χ1) is 7.27. The summed E-state index contributed by atoms with van der Waals surface area (Å²) in [6.07, 6.45) is 0. The summed E-state index contributed by atoms with van der Waals surface area (Å²) < 4.78 is 18.6. The van der Waals surface area contributed by atoms with Gasteiger partial charge in [0.15, 0.2) is 11.6 Å². The van der Waals surface area contributed by atoms with Gasteiger partial charge in [0.2, 0.25) is 0 Å². The maximum Gasteiger partial charge on any atom is 0.183 e. The molecule has 15 heavy (non-hydrogen) atoms. The van der Waals surface area contributed by atoms with E-state index in [2.05, 4.69) is 10.3 Å². The molecule has 0 fully saturated rings. The van der Waals surface area contributed by atoms with Crippen molar-refractivity contribution >= 4 is 17.4 Å². The summed E-state index contributed by atoms with van der Waals surface area (Å²) in [4.78, 5) is 4.13. The first-order valence-electron chi connectivity index (χ1n) is 4.61. The molecular formula is C10H10ClFN2O. The number of hydrogen-bond acceptors (Lipinski definition) is 3. The second kappa shape index (κ2) is 4.49. The molecule has 0 atom stereocenters. The van der Waals surface area contributed by atoms with E-state index in [-0.39, 0.29) is 17.4 Å². The molecule has 1 aliphatic heterocycles. The van der Waals surface area contributed by atoms with Crippen LogP contribution in [0, 0.1) is 5.82 Å². The molecule has 5 heteroatoms. The molecule has 3 nitrogen and oxygen atoms in total. The van der Waals surface area contributed by atoms with E-state index in [1.165, 1.54) is 12.1 Å². The Hall–Kier alpha value is -1.29. The third-order valence-electron chi connectivity index (χ3n) is 2.02. The zero-order valence-electron chi connectivity index (χ0n) is 7.96. The molecule has 0 spiro atoms. The Labute approximate surface area is 91.9 Å². The molecule has 0 aromatic heterocycles. The molecule has 0 aliphatic carbocycles. The number of rotatable bonds is 3. The van der Waals surface area contributed by atoms with Crippen LogP contribution < -0.4 is 10.1 Å². The van der Waals surface area contributed by atoms with Gasteiger partial charge in [-0.3, -0.25) is 4.99 Å². The zero-order valence-corrected chi connectivity index (χ0v) is 8.72. The van der Waals surface area contributed by atoms with Crippen molar-refractivity contribution in [1.82, 2.24) is 5.32 Å². The first kappa shape index (κ1) is 10.2. The van der Waals surface area contributed by atoms with E-state index in [1.807, 2.05) is 0 Å². The number of hydrogen-bond donors (Lipinski definition) is 1. The van der Waals surface area contributed by atoms with E-state index in [4.69, 9.17) is 16.3 Å². The van der Waals surface area contributed by atoms with Crippen LogP contribution in [0.5, 0.6) is 5.75 Å². The van der Waals surface area contributed by atoms with Gasteiger partial charge in [0.25, 0.3) is 0 Å². The number of halogens is 2. The van der Waals surface area contributed by atoms with Crippen LogP contribution in [0.25, 0.3) is 0 Å². The van der Waals surface area contributed by atoms with Gasteiger partial charge in [-0.25, -0.2) is 4.39 Å². The molecule has 0 amide bonds. The second-order valence-electron chi connectivity index (χ2n) is 3.10. The summed E-state index contributed by atoms with van der Waals surface area (Å²) in [6, 6.07) is 4.66. The van der Waals surface area contributed by atoms with Crippen LogP contribution >= 0.6 is 11.6 Å². The van der Waals surface area contributed by atoms with E-state index >= 15 is 0 Å². The van der Waals surface area contributed by atoms with Crippen molar-refractivity contribution in [3.63, 3.8) is 0 Å². The van der Waals surface area contributed by atoms with Crippen molar-refractivity contribution in [2.45, 2.75) is 0 Å². The van der Waals surface area contributed by atoms with Gasteiger partial charge < -0.3 is 10.1 Å². The number of amidine groups is 1. The average molecular weight is 229 g/mol. The maximum absolute atomic E-state index is 13.4. The molecule has 1 N–H and O–H groups in total. The number of nitrogens with zero attached hydrogens (tertiary/aromatic N) is 1.